The van der Waals surface area contributed by atoms with Crippen molar-refractivity contribution in [1.29, 1.82) is 0 Å². The first-order chi connectivity index (χ1) is 12.5. The quantitative estimate of drug-likeness (QED) is 0.594. The Morgan fingerprint density at radius 3 is 2.73 bits per heavy atom. The molecule has 0 unspecified atom stereocenters. The van der Waals surface area contributed by atoms with Gasteiger partial charge in [-0.25, -0.2) is 19.6 Å². The van der Waals surface area contributed by atoms with E-state index in [-0.39, 0.29) is 5.54 Å². The van der Waals surface area contributed by atoms with Crippen LogP contribution in [0.25, 0.3) is 21.6 Å². The van der Waals surface area contributed by atoms with E-state index < -0.39 is 0 Å². The third-order valence-corrected chi connectivity index (χ3v) is 4.86. The maximum atomic E-state index is 4.68. The van der Waals surface area contributed by atoms with Gasteiger partial charge in [0.05, 0.1) is 29.4 Å². The predicted molar refractivity (Wildman–Crippen MR) is 103 cm³/mol. The molecule has 0 amide bonds. The maximum absolute atomic E-state index is 4.68. The van der Waals surface area contributed by atoms with Crippen LogP contribution in [0.1, 0.15) is 26.5 Å². The van der Waals surface area contributed by atoms with Gasteiger partial charge in [-0.1, -0.05) is 0 Å². The zero-order chi connectivity index (χ0) is 18.1. The number of pyridine rings is 1. The number of hydrogen-bond donors (Lipinski definition) is 1. The summed E-state index contributed by atoms with van der Waals surface area (Å²) in [4.78, 5) is 17.5. The lowest BCUT2D eigenvalue weighted by molar-refractivity contribution is 0.366. The number of hydrogen-bond acceptors (Lipinski definition) is 7. The largest absolute Gasteiger partial charge is 0.364 e. The Hall–Kier alpha value is -2.87. The van der Waals surface area contributed by atoms with Crippen molar-refractivity contribution in [2.75, 3.05) is 5.32 Å². The molecule has 7 nitrogen and oxygen atoms in total. The number of fused-ring (bicyclic) bond motifs is 1. The fourth-order valence-electron chi connectivity index (χ4n) is 2.67. The Morgan fingerprint density at radius 1 is 1.15 bits per heavy atom. The van der Waals surface area contributed by atoms with Gasteiger partial charge in [-0.05, 0) is 32.9 Å². The highest BCUT2D eigenvalue weighted by molar-refractivity contribution is 7.13. The summed E-state index contributed by atoms with van der Waals surface area (Å²) in [7, 11) is 0. The third kappa shape index (κ3) is 3.15. The minimum atomic E-state index is -0.137. The summed E-state index contributed by atoms with van der Waals surface area (Å²) in [6.07, 6.45) is 6.93. The van der Waals surface area contributed by atoms with Gasteiger partial charge in [-0.15, -0.1) is 11.3 Å². The second kappa shape index (κ2) is 6.45. The third-order valence-electron chi connectivity index (χ3n) is 3.92. The van der Waals surface area contributed by atoms with Gasteiger partial charge >= 0.3 is 0 Å². The molecule has 0 saturated heterocycles. The van der Waals surface area contributed by atoms with Crippen molar-refractivity contribution in [3.05, 3.63) is 48.1 Å². The molecule has 0 radical (unpaired) electrons. The predicted octanol–water partition coefficient (Wildman–Crippen LogP) is 3.71. The van der Waals surface area contributed by atoms with E-state index in [1.165, 1.54) is 0 Å². The molecule has 0 bridgehead atoms. The van der Waals surface area contributed by atoms with E-state index in [0.29, 0.717) is 6.54 Å². The number of nitrogens with one attached hydrogen (secondary N) is 1. The molecule has 132 valence electrons. The second-order valence-corrected chi connectivity index (χ2v) is 7.78. The van der Waals surface area contributed by atoms with Crippen molar-refractivity contribution in [2.24, 2.45) is 0 Å². The maximum Gasteiger partial charge on any atom is 0.163 e. The van der Waals surface area contributed by atoms with Crippen LogP contribution in [0.15, 0.2) is 42.4 Å². The topological polar surface area (TPSA) is 81.4 Å². The van der Waals surface area contributed by atoms with Crippen LogP contribution in [0, 0.1) is 0 Å². The summed E-state index contributed by atoms with van der Waals surface area (Å²) >= 11 is 1.62. The molecule has 0 saturated carbocycles. The summed E-state index contributed by atoms with van der Waals surface area (Å²) in [5, 5.41) is 11.8. The number of nitrogens with zero attached hydrogens (tertiary/aromatic N) is 6. The van der Waals surface area contributed by atoms with Crippen LogP contribution in [0.4, 0.5) is 5.82 Å². The lowest BCUT2D eigenvalue weighted by Crippen LogP contribution is -2.23. The summed E-state index contributed by atoms with van der Waals surface area (Å²) < 4.78 is 1.92. The average Bonchev–Trinajstić information content (AvgIpc) is 3.27. The van der Waals surface area contributed by atoms with Crippen molar-refractivity contribution >= 4 is 28.2 Å². The molecule has 0 aliphatic carbocycles. The van der Waals surface area contributed by atoms with Gasteiger partial charge in [0.15, 0.2) is 5.65 Å². The van der Waals surface area contributed by atoms with E-state index in [2.05, 4.69) is 56.5 Å². The molecule has 4 heterocycles. The Kier molecular flexibility index (Phi) is 4.12. The van der Waals surface area contributed by atoms with E-state index in [4.69, 9.17) is 0 Å². The summed E-state index contributed by atoms with van der Waals surface area (Å²) in [5.74, 6) is 0.768. The summed E-state index contributed by atoms with van der Waals surface area (Å²) in [5.41, 5.74) is 2.73. The first-order valence-corrected chi connectivity index (χ1v) is 9.18. The second-order valence-electron chi connectivity index (χ2n) is 6.92. The monoisotopic (exact) mass is 365 g/mol. The fraction of sp³-hybridized carbons (Fsp3) is 0.278. The number of thiazole rings is 1. The van der Waals surface area contributed by atoms with E-state index in [1.54, 1.807) is 30.1 Å². The Labute approximate surface area is 155 Å². The molecule has 0 fully saturated rings. The van der Waals surface area contributed by atoms with Gasteiger partial charge in [0.1, 0.15) is 17.2 Å². The van der Waals surface area contributed by atoms with Crippen LogP contribution >= 0.6 is 11.3 Å². The molecule has 4 aromatic heterocycles. The van der Waals surface area contributed by atoms with E-state index in [0.717, 1.165) is 33.1 Å². The normalized spacial score (nSPS) is 11.8. The molecule has 0 aliphatic rings. The first kappa shape index (κ1) is 16.6. The molecule has 0 aliphatic heterocycles. The zero-order valence-electron chi connectivity index (χ0n) is 14.8. The van der Waals surface area contributed by atoms with E-state index in [1.807, 2.05) is 23.0 Å². The van der Waals surface area contributed by atoms with Crippen molar-refractivity contribution in [1.82, 2.24) is 29.7 Å². The molecule has 4 rings (SSSR count). The molecule has 0 atom stereocenters. The smallest absolute Gasteiger partial charge is 0.163 e. The minimum absolute atomic E-state index is 0.137. The van der Waals surface area contributed by atoms with Crippen molar-refractivity contribution < 1.29 is 0 Å². The fourth-order valence-corrected chi connectivity index (χ4v) is 3.49. The Bertz CT molecular complexity index is 1030. The van der Waals surface area contributed by atoms with Gasteiger partial charge in [0.25, 0.3) is 0 Å². The SMILES string of the molecule is CC(C)(C)n1ncc2c(NCc3csc(-c4ccncc4)n3)ncnc21. The number of aromatic nitrogens is 6. The van der Waals surface area contributed by atoms with Gasteiger partial charge in [0, 0.05) is 23.3 Å². The highest BCUT2D eigenvalue weighted by atomic mass is 32.1. The first-order valence-electron chi connectivity index (χ1n) is 8.30. The van der Waals surface area contributed by atoms with Gasteiger partial charge in [0.2, 0.25) is 0 Å². The van der Waals surface area contributed by atoms with E-state index >= 15 is 0 Å². The Morgan fingerprint density at radius 2 is 1.96 bits per heavy atom. The standard InChI is InChI=1S/C18H19N7S/c1-18(2,3)25-16-14(9-23-25)15(21-11-22-16)20-8-13-10-26-17(24-13)12-4-6-19-7-5-12/h4-7,9-11H,8H2,1-3H3,(H,20,21,22). The molecule has 26 heavy (non-hydrogen) atoms. The van der Waals surface area contributed by atoms with Crippen molar-refractivity contribution in [3.63, 3.8) is 0 Å². The minimum Gasteiger partial charge on any atom is -0.364 e. The molecule has 0 aromatic carbocycles. The van der Waals surface area contributed by atoms with Gasteiger partial charge < -0.3 is 5.32 Å². The zero-order valence-corrected chi connectivity index (χ0v) is 15.7. The number of anilines is 1. The van der Waals surface area contributed by atoms with Crippen LogP contribution < -0.4 is 5.32 Å². The van der Waals surface area contributed by atoms with Crippen molar-refractivity contribution in [3.8, 4) is 10.6 Å². The van der Waals surface area contributed by atoms with Crippen LogP contribution in [-0.2, 0) is 12.1 Å². The number of rotatable bonds is 4. The van der Waals surface area contributed by atoms with Crippen LogP contribution in [0.5, 0.6) is 0 Å². The van der Waals surface area contributed by atoms with Gasteiger partial charge in [-0.3, -0.25) is 4.98 Å². The average molecular weight is 365 g/mol. The molecule has 8 heteroatoms. The lowest BCUT2D eigenvalue weighted by Gasteiger charge is -2.19. The molecular weight excluding hydrogens is 346 g/mol. The molecular formula is C18H19N7S. The van der Waals surface area contributed by atoms with Crippen LogP contribution in [-0.4, -0.2) is 29.7 Å². The Balaban J connectivity index is 1.56. The summed E-state index contributed by atoms with van der Waals surface area (Å²) in [6.45, 7) is 6.90. The highest BCUT2D eigenvalue weighted by Crippen LogP contribution is 2.26. The van der Waals surface area contributed by atoms with E-state index in [9.17, 15) is 0 Å². The van der Waals surface area contributed by atoms with Crippen LogP contribution in [0.3, 0.4) is 0 Å². The molecule has 0 spiro atoms. The molecule has 4 aromatic rings. The van der Waals surface area contributed by atoms with Crippen LogP contribution in [0.2, 0.25) is 0 Å². The van der Waals surface area contributed by atoms with Gasteiger partial charge in [-0.2, -0.15) is 5.10 Å². The van der Waals surface area contributed by atoms with Crippen molar-refractivity contribution in [2.45, 2.75) is 32.9 Å². The molecule has 1 N–H and O–H groups in total. The summed E-state index contributed by atoms with van der Waals surface area (Å²) in [6, 6.07) is 3.93. The lowest BCUT2D eigenvalue weighted by atomic mass is 10.1. The highest BCUT2D eigenvalue weighted by Gasteiger charge is 2.19.